The van der Waals surface area contributed by atoms with E-state index < -0.39 is 6.04 Å². The second-order valence-electron chi connectivity index (χ2n) is 5.05. The summed E-state index contributed by atoms with van der Waals surface area (Å²) in [6.45, 7) is 6.94. The molecule has 17 heavy (non-hydrogen) atoms. The summed E-state index contributed by atoms with van der Waals surface area (Å²) in [6, 6.07) is -0.310. The first-order valence-electron chi connectivity index (χ1n) is 6.26. The molecule has 0 bridgehead atoms. The molecule has 1 aliphatic rings. The highest BCUT2D eigenvalue weighted by atomic mass is 16.2. The van der Waals surface area contributed by atoms with Gasteiger partial charge in [-0.25, -0.2) is 0 Å². The number of carbonyl (C=O) groups excluding carboxylic acids is 2. The van der Waals surface area contributed by atoms with Crippen molar-refractivity contribution in [2.45, 2.75) is 45.7 Å². The Morgan fingerprint density at radius 1 is 1.24 bits per heavy atom. The zero-order valence-electron chi connectivity index (χ0n) is 10.9. The normalized spacial score (nSPS) is 19.2. The highest BCUT2D eigenvalue weighted by molar-refractivity contribution is 5.81. The predicted octanol–water partition coefficient (Wildman–Crippen LogP) is 0.0968. The van der Waals surface area contributed by atoms with Crippen molar-refractivity contribution in [1.29, 1.82) is 0 Å². The van der Waals surface area contributed by atoms with Gasteiger partial charge in [0, 0.05) is 25.0 Å². The molecule has 0 spiro atoms. The highest BCUT2D eigenvalue weighted by Gasteiger charge is 2.25. The molecule has 1 atom stereocenters. The molecule has 0 unspecified atom stereocenters. The van der Waals surface area contributed by atoms with Crippen LogP contribution in [0.4, 0.5) is 0 Å². The number of hydrogen-bond donors (Lipinski definition) is 2. The molecule has 0 aromatic carbocycles. The predicted molar refractivity (Wildman–Crippen MR) is 66.2 cm³/mol. The van der Waals surface area contributed by atoms with Gasteiger partial charge in [-0.1, -0.05) is 13.8 Å². The van der Waals surface area contributed by atoms with E-state index in [2.05, 4.69) is 5.32 Å². The first-order valence-corrected chi connectivity index (χ1v) is 6.26. The molecule has 0 aromatic rings. The molecule has 0 saturated carbocycles. The van der Waals surface area contributed by atoms with Crippen LogP contribution in [0.15, 0.2) is 0 Å². The molecule has 1 aliphatic heterocycles. The van der Waals surface area contributed by atoms with Gasteiger partial charge in [0.25, 0.3) is 0 Å². The van der Waals surface area contributed by atoms with E-state index in [9.17, 15) is 9.59 Å². The second kappa shape index (κ2) is 6.00. The number of nitrogens with zero attached hydrogens (tertiary/aromatic N) is 1. The van der Waals surface area contributed by atoms with E-state index in [4.69, 9.17) is 5.73 Å². The molecule has 3 N–H and O–H groups in total. The Labute approximate surface area is 103 Å². The molecule has 0 aromatic heterocycles. The largest absolute Gasteiger partial charge is 0.352 e. The van der Waals surface area contributed by atoms with Gasteiger partial charge in [0.1, 0.15) is 0 Å². The van der Waals surface area contributed by atoms with Gasteiger partial charge in [0.2, 0.25) is 11.8 Å². The van der Waals surface area contributed by atoms with Crippen LogP contribution >= 0.6 is 0 Å². The number of carbonyl (C=O) groups is 2. The molecule has 1 rings (SSSR count). The summed E-state index contributed by atoms with van der Waals surface area (Å²) < 4.78 is 0. The molecular formula is C12H23N3O2. The number of amides is 2. The van der Waals surface area contributed by atoms with Crippen LogP contribution in [-0.2, 0) is 9.59 Å². The van der Waals surface area contributed by atoms with Gasteiger partial charge < -0.3 is 16.0 Å². The number of nitrogens with one attached hydrogen (secondary N) is 1. The Balaban J connectivity index is 2.36. The van der Waals surface area contributed by atoms with Gasteiger partial charge in [-0.3, -0.25) is 9.59 Å². The van der Waals surface area contributed by atoms with Crippen LogP contribution in [0.5, 0.6) is 0 Å². The zero-order chi connectivity index (χ0) is 13.0. The summed E-state index contributed by atoms with van der Waals surface area (Å²) >= 11 is 0. The lowest BCUT2D eigenvalue weighted by Gasteiger charge is -2.33. The van der Waals surface area contributed by atoms with Crippen molar-refractivity contribution < 1.29 is 9.59 Å². The van der Waals surface area contributed by atoms with Crippen molar-refractivity contribution >= 4 is 11.8 Å². The number of hydrogen-bond acceptors (Lipinski definition) is 3. The second-order valence-corrected chi connectivity index (χ2v) is 5.05. The molecule has 0 aliphatic carbocycles. The topological polar surface area (TPSA) is 75.4 Å². The SMILES string of the molecule is CC(C)C(=O)N1CCC(NC(=O)[C@@H](C)N)CC1. The lowest BCUT2D eigenvalue weighted by Crippen LogP contribution is -2.50. The maximum Gasteiger partial charge on any atom is 0.236 e. The van der Waals surface area contributed by atoms with Crippen molar-refractivity contribution in [1.82, 2.24) is 10.2 Å². The van der Waals surface area contributed by atoms with Crippen molar-refractivity contribution in [2.24, 2.45) is 11.7 Å². The number of piperidine rings is 1. The molecule has 5 nitrogen and oxygen atoms in total. The van der Waals surface area contributed by atoms with Crippen LogP contribution < -0.4 is 11.1 Å². The molecular weight excluding hydrogens is 218 g/mol. The average molecular weight is 241 g/mol. The van der Waals surface area contributed by atoms with Crippen LogP contribution in [-0.4, -0.2) is 41.9 Å². The zero-order valence-corrected chi connectivity index (χ0v) is 10.9. The van der Waals surface area contributed by atoms with Crippen molar-refractivity contribution in [3.63, 3.8) is 0 Å². The number of rotatable bonds is 3. The van der Waals surface area contributed by atoms with E-state index in [1.54, 1.807) is 6.92 Å². The van der Waals surface area contributed by atoms with E-state index in [0.29, 0.717) is 0 Å². The summed E-state index contributed by atoms with van der Waals surface area (Å²) in [5, 5.41) is 2.91. The first kappa shape index (κ1) is 14.0. The summed E-state index contributed by atoms with van der Waals surface area (Å²) in [5.74, 6) is 0.130. The van der Waals surface area contributed by atoms with E-state index in [0.717, 1.165) is 25.9 Å². The van der Waals surface area contributed by atoms with Crippen LogP contribution in [0.2, 0.25) is 0 Å². The Morgan fingerprint density at radius 3 is 2.18 bits per heavy atom. The standard InChI is InChI=1S/C12H23N3O2/c1-8(2)12(17)15-6-4-10(5-7-15)14-11(16)9(3)13/h8-10H,4-7,13H2,1-3H3,(H,14,16)/t9-/m1/s1. The van der Waals surface area contributed by atoms with E-state index in [1.165, 1.54) is 0 Å². The minimum absolute atomic E-state index is 0.0465. The Bertz CT molecular complexity index is 281. The lowest BCUT2D eigenvalue weighted by atomic mass is 10.0. The Morgan fingerprint density at radius 2 is 1.76 bits per heavy atom. The van der Waals surface area contributed by atoms with Gasteiger partial charge in [-0.2, -0.15) is 0 Å². The smallest absolute Gasteiger partial charge is 0.236 e. The third kappa shape index (κ3) is 4.00. The van der Waals surface area contributed by atoms with Gasteiger partial charge in [0.15, 0.2) is 0 Å². The van der Waals surface area contributed by atoms with Crippen LogP contribution in [0.3, 0.4) is 0 Å². The van der Waals surface area contributed by atoms with Crippen molar-refractivity contribution in [3.05, 3.63) is 0 Å². The van der Waals surface area contributed by atoms with Gasteiger partial charge >= 0.3 is 0 Å². The molecule has 1 saturated heterocycles. The molecule has 98 valence electrons. The van der Waals surface area contributed by atoms with Gasteiger partial charge in [-0.05, 0) is 19.8 Å². The molecule has 5 heteroatoms. The fourth-order valence-electron chi connectivity index (χ4n) is 1.94. The minimum atomic E-state index is -0.467. The monoisotopic (exact) mass is 241 g/mol. The maximum absolute atomic E-state index is 11.8. The average Bonchev–Trinajstić information content (AvgIpc) is 2.28. The molecule has 2 amide bonds. The first-order chi connectivity index (χ1) is 7.91. The third-order valence-electron chi connectivity index (χ3n) is 3.06. The fraction of sp³-hybridized carbons (Fsp3) is 0.833. The van der Waals surface area contributed by atoms with Crippen LogP contribution in [0.1, 0.15) is 33.6 Å². The summed E-state index contributed by atoms with van der Waals surface area (Å²) in [4.78, 5) is 25.0. The Hall–Kier alpha value is -1.10. The van der Waals surface area contributed by atoms with Crippen molar-refractivity contribution in [3.8, 4) is 0 Å². The van der Waals surface area contributed by atoms with Crippen LogP contribution in [0.25, 0.3) is 0 Å². The maximum atomic E-state index is 11.8. The third-order valence-corrected chi connectivity index (χ3v) is 3.06. The summed E-state index contributed by atoms with van der Waals surface area (Å²) in [7, 11) is 0. The summed E-state index contributed by atoms with van der Waals surface area (Å²) in [6.07, 6.45) is 1.63. The lowest BCUT2D eigenvalue weighted by molar-refractivity contribution is -0.135. The van der Waals surface area contributed by atoms with Gasteiger partial charge in [-0.15, -0.1) is 0 Å². The fourth-order valence-corrected chi connectivity index (χ4v) is 1.94. The van der Waals surface area contributed by atoms with Gasteiger partial charge in [0.05, 0.1) is 6.04 Å². The Kier molecular flexibility index (Phi) is 4.93. The van der Waals surface area contributed by atoms with Crippen molar-refractivity contribution in [2.75, 3.05) is 13.1 Å². The van der Waals surface area contributed by atoms with Crippen LogP contribution in [0, 0.1) is 5.92 Å². The van der Waals surface area contributed by atoms with E-state index in [-0.39, 0.29) is 23.8 Å². The minimum Gasteiger partial charge on any atom is -0.352 e. The van der Waals surface area contributed by atoms with E-state index >= 15 is 0 Å². The molecule has 0 radical (unpaired) electrons. The molecule has 1 heterocycles. The number of likely N-dealkylation sites (tertiary alicyclic amines) is 1. The molecule has 1 fully saturated rings. The quantitative estimate of drug-likeness (QED) is 0.735. The number of nitrogens with two attached hydrogens (primary N) is 1. The van der Waals surface area contributed by atoms with E-state index in [1.807, 2.05) is 18.7 Å². The summed E-state index contributed by atoms with van der Waals surface area (Å²) in [5.41, 5.74) is 5.49. The highest BCUT2D eigenvalue weighted by Crippen LogP contribution is 2.13.